The topological polar surface area (TPSA) is 44.1 Å². The zero-order chi connectivity index (χ0) is 13.2. The normalized spacial score (nSPS) is 10.6. The summed E-state index contributed by atoms with van der Waals surface area (Å²) in [5.41, 5.74) is 0.489. The number of nitrogens with zero attached hydrogens (tertiary/aromatic N) is 2. The van der Waals surface area contributed by atoms with E-state index < -0.39 is 0 Å². The Kier molecular flexibility index (Phi) is 2.76. The molecule has 4 nitrogen and oxygen atoms in total. The van der Waals surface area contributed by atoms with E-state index in [1.54, 1.807) is 25.4 Å². The fraction of sp³-hybridized carbons (Fsp3) is 0.0667. The number of rotatable bonds is 2. The Morgan fingerprint density at radius 2 is 1.79 bits per heavy atom. The Morgan fingerprint density at radius 1 is 1.05 bits per heavy atom. The van der Waals surface area contributed by atoms with Crippen LogP contribution in [0.5, 0.6) is 5.75 Å². The van der Waals surface area contributed by atoms with Crippen LogP contribution < -0.4 is 10.3 Å². The van der Waals surface area contributed by atoms with Gasteiger partial charge in [-0.2, -0.15) is 9.78 Å². The number of methoxy groups -OCH3 is 1. The van der Waals surface area contributed by atoms with Crippen LogP contribution in [0.2, 0.25) is 0 Å². The van der Waals surface area contributed by atoms with Gasteiger partial charge in [0.15, 0.2) is 0 Å². The molecule has 0 bridgehead atoms. The molecular weight excluding hydrogens is 240 g/mol. The molecule has 0 saturated heterocycles. The van der Waals surface area contributed by atoms with Crippen LogP contribution in [-0.2, 0) is 0 Å². The number of para-hydroxylation sites is 2. The average molecular weight is 252 g/mol. The van der Waals surface area contributed by atoms with E-state index in [0.29, 0.717) is 16.8 Å². The SMILES string of the molecule is COc1ccccc1-n1ncc2ccccc2c1=O. The summed E-state index contributed by atoms with van der Waals surface area (Å²) in [4.78, 5) is 12.4. The second kappa shape index (κ2) is 4.57. The van der Waals surface area contributed by atoms with Crippen molar-refractivity contribution >= 4 is 10.8 Å². The maximum Gasteiger partial charge on any atom is 0.279 e. The minimum atomic E-state index is -0.150. The van der Waals surface area contributed by atoms with Gasteiger partial charge in [0.25, 0.3) is 5.56 Å². The fourth-order valence-electron chi connectivity index (χ4n) is 2.07. The van der Waals surface area contributed by atoms with Crippen LogP contribution >= 0.6 is 0 Å². The van der Waals surface area contributed by atoms with Crippen molar-refractivity contribution in [2.45, 2.75) is 0 Å². The van der Waals surface area contributed by atoms with Gasteiger partial charge in [-0.1, -0.05) is 30.3 Å². The Labute approximate surface area is 109 Å². The zero-order valence-corrected chi connectivity index (χ0v) is 10.4. The molecule has 94 valence electrons. The van der Waals surface area contributed by atoms with Gasteiger partial charge in [-0.3, -0.25) is 4.79 Å². The largest absolute Gasteiger partial charge is 0.494 e. The van der Waals surface area contributed by atoms with Crippen molar-refractivity contribution in [1.82, 2.24) is 9.78 Å². The lowest BCUT2D eigenvalue weighted by atomic mass is 10.2. The lowest BCUT2D eigenvalue weighted by Gasteiger charge is -2.09. The Morgan fingerprint density at radius 3 is 2.63 bits per heavy atom. The lowest BCUT2D eigenvalue weighted by molar-refractivity contribution is 0.411. The van der Waals surface area contributed by atoms with E-state index in [2.05, 4.69) is 5.10 Å². The van der Waals surface area contributed by atoms with Crippen molar-refractivity contribution in [2.24, 2.45) is 0 Å². The van der Waals surface area contributed by atoms with Crippen molar-refractivity contribution in [2.75, 3.05) is 7.11 Å². The van der Waals surface area contributed by atoms with Crippen molar-refractivity contribution in [3.8, 4) is 11.4 Å². The predicted octanol–water partition coefficient (Wildman–Crippen LogP) is 2.39. The first-order valence-electron chi connectivity index (χ1n) is 5.92. The summed E-state index contributed by atoms with van der Waals surface area (Å²) in [6, 6.07) is 14.7. The smallest absolute Gasteiger partial charge is 0.279 e. The molecule has 2 aromatic carbocycles. The molecule has 1 heterocycles. The number of hydrogen-bond acceptors (Lipinski definition) is 3. The molecule has 0 aliphatic carbocycles. The fourth-order valence-corrected chi connectivity index (χ4v) is 2.07. The number of benzene rings is 2. The van der Waals surface area contributed by atoms with Gasteiger partial charge in [0.2, 0.25) is 0 Å². The van der Waals surface area contributed by atoms with Gasteiger partial charge < -0.3 is 4.74 Å². The van der Waals surface area contributed by atoms with Crippen molar-refractivity contribution < 1.29 is 4.74 Å². The zero-order valence-electron chi connectivity index (χ0n) is 10.4. The maximum absolute atomic E-state index is 12.4. The molecule has 0 aliphatic heterocycles. The monoisotopic (exact) mass is 252 g/mol. The van der Waals surface area contributed by atoms with Gasteiger partial charge in [-0.25, -0.2) is 0 Å². The third-order valence-electron chi connectivity index (χ3n) is 3.01. The van der Waals surface area contributed by atoms with Gasteiger partial charge >= 0.3 is 0 Å². The van der Waals surface area contributed by atoms with Gasteiger partial charge in [-0.15, -0.1) is 0 Å². The first-order valence-corrected chi connectivity index (χ1v) is 5.92. The quantitative estimate of drug-likeness (QED) is 0.703. The molecule has 0 radical (unpaired) electrons. The second-order valence-corrected chi connectivity index (χ2v) is 4.12. The molecule has 19 heavy (non-hydrogen) atoms. The van der Waals surface area contributed by atoms with E-state index in [9.17, 15) is 4.79 Å². The van der Waals surface area contributed by atoms with E-state index in [1.807, 2.05) is 36.4 Å². The molecular formula is C15H12N2O2. The third-order valence-corrected chi connectivity index (χ3v) is 3.01. The van der Waals surface area contributed by atoms with Gasteiger partial charge in [0.05, 0.1) is 18.7 Å². The van der Waals surface area contributed by atoms with E-state index in [1.165, 1.54) is 4.68 Å². The molecule has 0 atom stereocenters. The van der Waals surface area contributed by atoms with Crippen LogP contribution in [0, 0.1) is 0 Å². The summed E-state index contributed by atoms with van der Waals surface area (Å²) in [5.74, 6) is 0.618. The molecule has 4 heteroatoms. The summed E-state index contributed by atoms with van der Waals surface area (Å²) >= 11 is 0. The number of ether oxygens (including phenoxy) is 1. The highest BCUT2D eigenvalue weighted by Crippen LogP contribution is 2.20. The minimum absolute atomic E-state index is 0.150. The van der Waals surface area contributed by atoms with E-state index in [4.69, 9.17) is 4.74 Å². The Bertz CT molecular complexity index is 793. The molecule has 0 spiro atoms. The molecule has 1 aromatic heterocycles. The first-order chi connectivity index (χ1) is 9.31. The van der Waals surface area contributed by atoms with Crippen molar-refractivity contribution in [1.29, 1.82) is 0 Å². The summed E-state index contributed by atoms with van der Waals surface area (Å²) in [6.45, 7) is 0. The summed E-state index contributed by atoms with van der Waals surface area (Å²) in [7, 11) is 1.57. The van der Waals surface area contributed by atoms with Crippen LogP contribution in [-0.4, -0.2) is 16.9 Å². The summed E-state index contributed by atoms with van der Waals surface area (Å²) in [6.07, 6.45) is 1.68. The number of hydrogen-bond donors (Lipinski definition) is 0. The minimum Gasteiger partial charge on any atom is -0.494 e. The Hall–Kier alpha value is -2.62. The molecule has 0 saturated carbocycles. The first kappa shape index (κ1) is 11.5. The van der Waals surface area contributed by atoms with Gasteiger partial charge in [0, 0.05) is 5.39 Å². The molecule has 0 aliphatic rings. The highest BCUT2D eigenvalue weighted by Gasteiger charge is 2.09. The second-order valence-electron chi connectivity index (χ2n) is 4.12. The molecule has 0 unspecified atom stereocenters. The lowest BCUT2D eigenvalue weighted by Crippen LogP contribution is -2.21. The molecule has 0 fully saturated rings. The van der Waals surface area contributed by atoms with Gasteiger partial charge in [-0.05, 0) is 18.2 Å². The van der Waals surface area contributed by atoms with Crippen molar-refractivity contribution in [3.05, 3.63) is 65.1 Å². The van der Waals surface area contributed by atoms with Crippen molar-refractivity contribution in [3.63, 3.8) is 0 Å². The van der Waals surface area contributed by atoms with E-state index in [-0.39, 0.29) is 5.56 Å². The van der Waals surface area contributed by atoms with E-state index in [0.717, 1.165) is 5.39 Å². The average Bonchev–Trinajstić information content (AvgIpc) is 2.48. The van der Waals surface area contributed by atoms with Crippen LogP contribution in [0.15, 0.2) is 59.5 Å². The third kappa shape index (κ3) is 1.87. The maximum atomic E-state index is 12.4. The highest BCUT2D eigenvalue weighted by atomic mass is 16.5. The summed E-state index contributed by atoms with van der Waals surface area (Å²) < 4.78 is 6.63. The standard InChI is InChI=1S/C15H12N2O2/c1-19-14-9-5-4-8-13(14)17-15(18)12-7-3-2-6-11(12)10-16-17/h2-10H,1H3. The van der Waals surface area contributed by atoms with Crippen LogP contribution in [0.3, 0.4) is 0 Å². The number of aromatic nitrogens is 2. The summed E-state index contributed by atoms with van der Waals surface area (Å²) in [5, 5.41) is 5.68. The number of fused-ring (bicyclic) bond motifs is 1. The molecule has 0 amide bonds. The molecule has 3 rings (SSSR count). The highest BCUT2D eigenvalue weighted by molar-refractivity contribution is 5.80. The van der Waals surface area contributed by atoms with Crippen LogP contribution in [0.4, 0.5) is 0 Å². The van der Waals surface area contributed by atoms with E-state index >= 15 is 0 Å². The predicted molar refractivity (Wildman–Crippen MR) is 73.9 cm³/mol. The Balaban J connectivity index is 2.32. The molecule has 0 N–H and O–H groups in total. The molecule has 3 aromatic rings. The van der Waals surface area contributed by atoms with Gasteiger partial charge in [0.1, 0.15) is 11.4 Å². The van der Waals surface area contributed by atoms with Crippen LogP contribution in [0.25, 0.3) is 16.5 Å². The van der Waals surface area contributed by atoms with Crippen LogP contribution in [0.1, 0.15) is 0 Å².